The first-order valence-electron chi connectivity index (χ1n) is 4.88. The second kappa shape index (κ2) is 5.47. The molecule has 6 heteroatoms. The Bertz CT molecular complexity index is 308. The predicted molar refractivity (Wildman–Crippen MR) is 62.6 cm³/mol. The van der Waals surface area contributed by atoms with E-state index in [4.69, 9.17) is 23.2 Å². The minimum atomic E-state index is 0.128. The van der Waals surface area contributed by atoms with Gasteiger partial charge in [0, 0.05) is 13.1 Å². The molecule has 0 bridgehead atoms. The Labute approximate surface area is 99.6 Å². The van der Waals surface area contributed by atoms with Crippen molar-refractivity contribution in [2.45, 2.75) is 32.7 Å². The maximum absolute atomic E-state index is 5.71. The zero-order chi connectivity index (χ0) is 11.4. The SMILES string of the molecule is CCC(CC)N(C)c1nc(Cl)nc(Cl)n1. The zero-order valence-corrected chi connectivity index (χ0v) is 10.5. The third-order valence-electron chi connectivity index (χ3n) is 2.37. The maximum Gasteiger partial charge on any atom is 0.230 e. The van der Waals surface area contributed by atoms with E-state index in [0.29, 0.717) is 12.0 Å². The molecule has 4 nitrogen and oxygen atoms in total. The van der Waals surface area contributed by atoms with Crippen molar-refractivity contribution in [3.8, 4) is 0 Å². The van der Waals surface area contributed by atoms with Crippen molar-refractivity contribution in [3.63, 3.8) is 0 Å². The molecule has 0 saturated heterocycles. The van der Waals surface area contributed by atoms with Crippen LogP contribution in [0.15, 0.2) is 0 Å². The monoisotopic (exact) mass is 248 g/mol. The number of aromatic nitrogens is 3. The Morgan fingerprint density at radius 3 is 1.93 bits per heavy atom. The van der Waals surface area contributed by atoms with Crippen molar-refractivity contribution >= 4 is 29.2 Å². The van der Waals surface area contributed by atoms with Gasteiger partial charge in [0.05, 0.1) is 0 Å². The van der Waals surface area contributed by atoms with Crippen LogP contribution in [0.1, 0.15) is 26.7 Å². The third kappa shape index (κ3) is 3.18. The average molecular weight is 249 g/mol. The molecule has 0 aliphatic carbocycles. The summed E-state index contributed by atoms with van der Waals surface area (Å²) in [7, 11) is 1.93. The highest BCUT2D eigenvalue weighted by Gasteiger charge is 2.15. The zero-order valence-electron chi connectivity index (χ0n) is 9.04. The summed E-state index contributed by atoms with van der Waals surface area (Å²) in [4.78, 5) is 13.8. The lowest BCUT2D eigenvalue weighted by molar-refractivity contribution is 0.580. The Balaban J connectivity index is 2.94. The van der Waals surface area contributed by atoms with Crippen LogP contribution in [0.5, 0.6) is 0 Å². The topological polar surface area (TPSA) is 41.9 Å². The number of halogens is 2. The van der Waals surface area contributed by atoms with Crippen LogP contribution in [0.2, 0.25) is 10.6 Å². The Kier molecular flexibility index (Phi) is 4.54. The molecule has 0 aromatic carbocycles. The highest BCUT2D eigenvalue weighted by atomic mass is 35.5. The minimum absolute atomic E-state index is 0.128. The lowest BCUT2D eigenvalue weighted by atomic mass is 10.1. The summed E-state index contributed by atoms with van der Waals surface area (Å²) in [6.07, 6.45) is 2.04. The van der Waals surface area contributed by atoms with Crippen molar-refractivity contribution in [2.75, 3.05) is 11.9 Å². The number of rotatable bonds is 4. The molecule has 1 rings (SSSR count). The molecule has 0 radical (unpaired) electrons. The molecular weight excluding hydrogens is 235 g/mol. The fraction of sp³-hybridized carbons (Fsp3) is 0.667. The van der Waals surface area contributed by atoms with Gasteiger partial charge in [-0.25, -0.2) is 0 Å². The molecule has 0 unspecified atom stereocenters. The van der Waals surface area contributed by atoms with Gasteiger partial charge in [-0.3, -0.25) is 0 Å². The molecule has 1 aromatic rings. The Morgan fingerprint density at radius 2 is 1.53 bits per heavy atom. The van der Waals surface area contributed by atoms with E-state index >= 15 is 0 Å². The molecule has 0 aliphatic rings. The number of hydrogen-bond donors (Lipinski definition) is 0. The lowest BCUT2D eigenvalue weighted by Crippen LogP contribution is -2.32. The predicted octanol–water partition coefficient (Wildman–Crippen LogP) is 2.80. The first kappa shape index (κ1) is 12.5. The lowest BCUT2D eigenvalue weighted by Gasteiger charge is -2.25. The smallest absolute Gasteiger partial charge is 0.230 e. The van der Waals surface area contributed by atoms with Crippen molar-refractivity contribution in [1.29, 1.82) is 0 Å². The molecule has 1 heterocycles. The average Bonchev–Trinajstić information content (AvgIpc) is 2.18. The second-order valence-electron chi connectivity index (χ2n) is 3.25. The van der Waals surface area contributed by atoms with E-state index in [9.17, 15) is 0 Å². The minimum Gasteiger partial charge on any atom is -0.341 e. The van der Waals surface area contributed by atoms with Crippen LogP contribution in [0.3, 0.4) is 0 Å². The van der Waals surface area contributed by atoms with Gasteiger partial charge in [-0.1, -0.05) is 13.8 Å². The van der Waals surface area contributed by atoms with Gasteiger partial charge in [0.2, 0.25) is 16.5 Å². The van der Waals surface area contributed by atoms with Crippen molar-refractivity contribution in [2.24, 2.45) is 0 Å². The quantitative estimate of drug-likeness (QED) is 0.822. The van der Waals surface area contributed by atoms with Crippen molar-refractivity contribution in [1.82, 2.24) is 15.0 Å². The molecular formula is C9H14Cl2N4. The summed E-state index contributed by atoms with van der Waals surface area (Å²) in [5.74, 6) is 0.522. The van der Waals surface area contributed by atoms with Gasteiger partial charge in [0.25, 0.3) is 0 Å². The third-order valence-corrected chi connectivity index (χ3v) is 2.71. The standard InChI is InChI=1S/C9H14Cl2N4/c1-4-6(5-2)15(3)9-13-7(10)12-8(11)14-9/h6H,4-5H2,1-3H3. The molecule has 0 atom stereocenters. The molecule has 0 fully saturated rings. The molecule has 84 valence electrons. The van der Waals surface area contributed by atoms with Gasteiger partial charge in [-0.05, 0) is 36.0 Å². The van der Waals surface area contributed by atoms with Crippen molar-refractivity contribution < 1.29 is 0 Å². The summed E-state index contributed by atoms with van der Waals surface area (Å²) in [6.45, 7) is 4.24. The normalized spacial score (nSPS) is 10.8. The van der Waals surface area contributed by atoms with E-state index in [1.165, 1.54) is 0 Å². The van der Waals surface area contributed by atoms with Crippen molar-refractivity contribution in [3.05, 3.63) is 10.6 Å². The number of anilines is 1. The van der Waals surface area contributed by atoms with Crippen LogP contribution >= 0.6 is 23.2 Å². The Morgan fingerprint density at radius 1 is 1.07 bits per heavy atom. The molecule has 0 aliphatic heterocycles. The van der Waals surface area contributed by atoms with Crippen LogP contribution in [0.4, 0.5) is 5.95 Å². The van der Waals surface area contributed by atoms with Crippen LogP contribution in [-0.4, -0.2) is 28.0 Å². The Hall–Kier alpha value is -0.610. The summed E-state index contributed by atoms with van der Waals surface area (Å²) in [6, 6.07) is 0.388. The van der Waals surface area contributed by atoms with E-state index in [2.05, 4.69) is 28.8 Å². The maximum atomic E-state index is 5.71. The van der Waals surface area contributed by atoms with Gasteiger partial charge in [0.15, 0.2) is 0 Å². The largest absolute Gasteiger partial charge is 0.341 e. The van der Waals surface area contributed by atoms with E-state index in [1.807, 2.05) is 11.9 Å². The molecule has 1 aromatic heterocycles. The van der Waals surface area contributed by atoms with Crippen LogP contribution < -0.4 is 4.90 Å². The van der Waals surface area contributed by atoms with Crippen LogP contribution in [-0.2, 0) is 0 Å². The molecule has 15 heavy (non-hydrogen) atoms. The van der Waals surface area contributed by atoms with Crippen LogP contribution in [0.25, 0.3) is 0 Å². The highest BCUT2D eigenvalue weighted by Crippen LogP contribution is 2.17. The van der Waals surface area contributed by atoms with E-state index in [1.54, 1.807) is 0 Å². The van der Waals surface area contributed by atoms with Gasteiger partial charge in [-0.2, -0.15) is 15.0 Å². The summed E-state index contributed by atoms with van der Waals surface area (Å²) >= 11 is 11.4. The number of nitrogens with zero attached hydrogens (tertiary/aromatic N) is 4. The first-order valence-corrected chi connectivity index (χ1v) is 5.64. The summed E-state index contributed by atoms with van der Waals surface area (Å²) in [5, 5.41) is 0.255. The van der Waals surface area contributed by atoms with Gasteiger partial charge >= 0.3 is 0 Å². The molecule has 0 N–H and O–H groups in total. The van der Waals surface area contributed by atoms with Gasteiger partial charge < -0.3 is 4.90 Å². The molecule has 0 amide bonds. The highest BCUT2D eigenvalue weighted by molar-refractivity contribution is 6.31. The molecule has 0 spiro atoms. The fourth-order valence-electron chi connectivity index (χ4n) is 1.47. The fourth-order valence-corrected chi connectivity index (χ4v) is 1.83. The van der Waals surface area contributed by atoms with E-state index in [0.717, 1.165) is 12.8 Å². The van der Waals surface area contributed by atoms with E-state index in [-0.39, 0.29) is 10.6 Å². The first-order chi connectivity index (χ1) is 7.08. The second-order valence-corrected chi connectivity index (χ2v) is 3.93. The van der Waals surface area contributed by atoms with Gasteiger partial charge in [0.1, 0.15) is 0 Å². The van der Waals surface area contributed by atoms with Gasteiger partial charge in [-0.15, -0.1) is 0 Å². The number of hydrogen-bond acceptors (Lipinski definition) is 4. The van der Waals surface area contributed by atoms with E-state index < -0.39 is 0 Å². The van der Waals surface area contributed by atoms with Crippen LogP contribution in [0, 0.1) is 0 Å². The molecule has 0 saturated carbocycles. The summed E-state index contributed by atoms with van der Waals surface area (Å²) < 4.78 is 0. The summed E-state index contributed by atoms with van der Waals surface area (Å²) in [5.41, 5.74) is 0.